The van der Waals surface area contributed by atoms with Crippen LogP contribution in [0.2, 0.25) is 0 Å². The zero-order valence-corrected chi connectivity index (χ0v) is 17.7. The van der Waals surface area contributed by atoms with Gasteiger partial charge in [0.2, 0.25) is 5.91 Å². The van der Waals surface area contributed by atoms with Crippen LogP contribution in [0.1, 0.15) is 12.5 Å². The number of aromatic nitrogens is 2. The molecule has 3 N–H and O–H groups in total. The summed E-state index contributed by atoms with van der Waals surface area (Å²) < 4.78 is 27.1. The molecule has 0 saturated carbocycles. The number of H-pyrrole nitrogens is 1. The minimum Gasteiger partial charge on any atom is -0.325 e. The van der Waals surface area contributed by atoms with Gasteiger partial charge in [-0.1, -0.05) is 49.0 Å². The predicted molar refractivity (Wildman–Crippen MR) is 117 cm³/mol. The summed E-state index contributed by atoms with van der Waals surface area (Å²) in [7, 11) is -3.88. The number of carbonyl (C=O) groups is 1. The molecule has 8 nitrogen and oxygen atoms in total. The highest BCUT2D eigenvalue weighted by molar-refractivity contribution is 7.99. The molecular weight excluding hydrogens is 424 g/mol. The molecule has 2 aromatic carbocycles. The molecule has 0 aliphatic heterocycles. The normalized spacial score (nSPS) is 11.1. The Morgan fingerprint density at radius 1 is 1.10 bits per heavy atom. The van der Waals surface area contributed by atoms with Crippen LogP contribution in [0.25, 0.3) is 0 Å². The highest BCUT2D eigenvalue weighted by Gasteiger charge is 2.15. The average molecular weight is 445 g/mol. The summed E-state index contributed by atoms with van der Waals surface area (Å²) in [6, 6.07) is 16.3. The second-order valence-electron chi connectivity index (χ2n) is 6.24. The molecule has 1 heterocycles. The quantitative estimate of drug-likeness (QED) is 0.363. The minimum absolute atomic E-state index is 0.00659. The van der Waals surface area contributed by atoms with E-state index >= 15 is 0 Å². The second-order valence-corrected chi connectivity index (χ2v) is 8.89. The largest absolute Gasteiger partial charge is 0.325 e. The van der Waals surface area contributed by atoms with E-state index in [4.69, 9.17) is 0 Å². The number of sulfonamides is 1. The van der Waals surface area contributed by atoms with Gasteiger partial charge in [0.15, 0.2) is 5.16 Å². The van der Waals surface area contributed by atoms with Crippen molar-refractivity contribution in [1.29, 1.82) is 0 Å². The van der Waals surface area contributed by atoms with Crippen molar-refractivity contribution in [2.75, 3.05) is 15.8 Å². The Labute approximate surface area is 178 Å². The highest BCUT2D eigenvalue weighted by atomic mass is 32.2. The number of anilines is 2. The van der Waals surface area contributed by atoms with E-state index in [1.807, 2.05) is 31.2 Å². The van der Waals surface area contributed by atoms with Gasteiger partial charge in [0.05, 0.1) is 10.6 Å². The number of amides is 1. The molecule has 0 spiro atoms. The third kappa shape index (κ3) is 5.94. The molecule has 1 aromatic heterocycles. The number of rotatable bonds is 8. The molecule has 0 saturated heterocycles. The van der Waals surface area contributed by atoms with Crippen LogP contribution in [0.4, 0.5) is 11.5 Å². The first-order valence-corrected chi connectivity index (χ1v) is 11.5. The molecule has 0 fully saturated rings. The Balaban J connectivity index is 1.65. The van der Waals surface area contributed by atoms with Crippen molar-refractivity contribution >= 4 is 39.2 Å². The van der Waals surface area contributed by atoms with Crippen LogP contribution in [0, 0.1) is 0 Å². The van der Waals surface area contributed by atoms with Gasteiger partial charge in [0, 0.05) is 11.8 Å². The number of nitrogens with one attached hydrogen (secondary N) is 3. The molecule has 156 valence electrons. The van der Waals surface area contributed by atoms with Crippen molar-refractivity contribution in [3.8, 4) is 0 Å². The van der Waals surface area contributed by atoms with Crippen molar-refractivity contribution < 1.29 is 13.2 Å². The first-order valence-electron chi connectivity index (χ1n) is 9.06. The van der Waals surface area contributed by atoms with Crippen molar-refractivity contribution in [2.24, 2.45) is 0 Å². The third-order valence-electron chi connectivity index (χ3n) is 4.00. The third-order valence-corrected chi connectivity index (χ3v) is 6.24. The van der Waals surface area contributed by atoms with Crippen LogP contribution in [-0.4, -0.2) is 30.0 Å². The molecule has 3 rings (SSSR count). The SMILES string of the molecule is CCc1ccc(NC(=O)CSc2nc(NS(=O)(=O)c3ccccc3)cc(=O)[nH]2)cc1. The first-order chi connectivity index (χ1) is 14.4. The molecule has 0 radical (unpaired) electrons. The number of carbonyl (C=O) groups excluding carboxylic acids is 1. The molecule has 3 aromatic rings. The molecule has 0 unspecified atom stereocenters. The van der Waals surface area contributed by atoms with E-state index in [0.29, 0.717) is 5.69 Å². The number of nitrogens with zero attached hydrogens (tertiary/aromatic N) is 1. The van der Waals surface area contributed by atoms with Gasteiger partial charge in [-0.25, -0.2) is 13.4 Å². The molecular formula is C20H20N4O4S2. The maximum atomic E-state index is 12.4. The smallest absolute Gasteiger partial charge is 0.263 e. The Morgan fingerprint density at radius 2 is 1.80 bits per heavy atom. The summed E-state index contributed by atoms with van der Waals surface area (Å²) in [5, 5.41) is 2.89. The van der Waals surface area contributed by atoms with Gasteiger partial charge >= 0.3 is 0 Å². The van der Waals surface area contributed by atoms with Crippen molar-refractivity contribution in [3.63, 3.8) is 0 Å². The van der Waals surface area contributed by atoms with E-state index in [-0.39, 0.29) is 27.5 Å². The number of benzene rings is 2. The first kappa shape index (κ1) is 21.6. The molecule has 0 bridgehead atoms. The summed E-state index contributed by atoms with van der Waals surface area (Å²) in [6.07, 6.45) is 0.910. The van der Waals surface area contributed by atoms with Gasteiger partial charge in [0.25, 0.3) is 15.6 Å². The number of thioether (sulfide) groups is 1. The van der Waals surface area contributed by atoms with Gasteiger partial charge in [-0.3, -0.25) is 14.3 Å². The molecule has 10 heteroatoms. The number of aryl methyl sites for hydroxylation is 1. The maximum Gasteiger partial charge on any atom is 0.263 e. The fourth-order valence-electron chi connectivity index (χ4n) is 2.51. The van der Waals surface area contributed by atoms with Gasteiger partial charge in [-0.15, -0.1) is 0 Å². The maximum absolute atomic E-state index is 12.4. The lowest BCUT2D eigenvalue weighted by Gasteiger charge is -2.09. The van der Waals surface area contributed by atoms with Gasteiger partial charge < -0.3 is 10.3 Å². The zero-order chi connectivity index (χ0) is 21.6. The van der Waals surface area contributed by atoms with Crippen LogP contribution in [0.5, 0.6) is 0 Å². The van der Waals surface area contributed by atoms with Crippen molar-refractivity contribution in [3.05, 3.63) is 76.6 Å². The zero-order valence-electron chi connectivity index (χ0n) is 16.1. The molecule has 0 aliphatic carbocycles. The number of aromatic amines is 1. The summed E-state index contributed by atoms with van der Waals surface area (Å²) in [6.45, 7) is 2.05. The predicted octanol–water partition coefficient (Wildman–Crippen LogP) is 2.86. The van der Waals surface area contributed by atoms with Gasteiger partial charge in [0.1, 0.15) is 5.82 Å². The Kier molecular flexibility index (Phi) is 6.91. The fourth-order valence-corrected chi connectivity index (χ4v) is 4.20. The van der Waals surface area contributed by atoms with E-state index in [0.717, 1.165) is 24.2 Å². The van der Waals surface area contributed by atoms with E-state index in [2.05, 4.69) is 20.0 Å². The lowest BCUT2D eigenvalue weighted by molar-refractivity contribution is -0.113. The Bertz CT molecular complexity index is 1180. The topological polar surface area (TPSA) is 121 Å². The van der Waals surface area contributed by atoms with Gasteiger partial charge in [-0.05, 0) is 36.2 Å². The summed E-state index contributed by atoms with van der Waals surface area (Å²) >= 11 is 0.992. The summed E-state index contributed by atoms with van der Waals surface area (Å²) in [5.74, 6) is -0.407. The van der Waals surface area contributed by atoms with E-state index in [9.17, 15) is 18.0 Å². The second kappa shape index (κ2) is 9.59. The standard InChI is InChI=1S/C20H20N4O4S2/c1-2-14-8-10-15(11-9-14)21-19(26)13-29-20-22-17(12-18(25)23-20)24-30(27,28)16-6-4-3-5-7-16/h3-12H,2,13H2,1H3,(H,21,26)(H2,22,23,24,25). The molecule has 0 atom stereocenters. The summed E-state index contributed by atoms with van der Waals surface area (Å²) in [4.78, 5) is 30.7. The number of hydrogen-bond acceptors (Lipinski definition) is 6. The lowest BCUT2D eigenvalue weighted by atomic mass is 10.1. The number of hydrogen-bond donors (Lipinski definition) is 3. The van der Waals surface area contributed by atoms with Crippen LogP contribution >= 0.6 is 11.8 Å². The highest BCUT2D eigenvalue weighted by Crippen LogP contribution is 2.17. The van der Waals surface area contributed by atoms with Crippen LogP contribution in [-0.2, 0) is 21.2 Å². The molecule has 30 heavy (non-hydrogen) atoms. The minimum atomic E-state index is -3.88. The van der Waals surface area contributed by atoms with Crippen LogP contribution in [0.3, 0.4) is 0 Å². The Hall–Kier alpha value is -3.11. The molecule has 1 amide bonds. The van der Waals surface area contributed by atoms with Crippen molar-refractivity contribution in [2.45, 2.75) is 23.4 Å². The lowest BCUT2D eigenvalue weighted by Crippen LogP contribution is -2.18. The summed E-state index contributed by atoms with van der Waals surface area (Å²) in [5.41, 5.74) is 1.30. The monoisotopic (exact) mass is 444 g/mol. The van der Waals surface area contributed by atoms with Crippen LogP contribution in [0.15, 0.2) is 75.5 Å². The van der Waals surface area contributed by atoms with E-state index in [1.54, 1.807) is 18.2 Å². The fraction of sp³-hybridized carbons (Fsp3) is 0.150. The Morgan fingerprint density at radius 3 is 2.47 bits per heavy atom. The van der Waals surface area contributed by atoms with E-state index in [1.165, 1.54) is 17.7 Å². The van der Waals surface area contributed by atoms with Crippen molar-refractivity contribution in [1.82, 2.24) is 9.97 Å². The average Bonchev–Trinajstić information content (AvgIpc) is 2.73. The molecule has 0 aliphatic rings. The van der Waals surface area contributed by atoms with Gasteiger partial charge in [-0.2, -0.15) is 0 Å². The van der Waals surface area contributed by atoms with Crippen LogP contribution < -0.4 is 15.6 Å². The van der Waals surface area contributed by atoms with E-state index < -0.39 is 15.6 Å².